The number of hydrogen-bond acceptors (Lipinski definition) is 3. The third-order valence-corrected chi connectivity index (χ3v) is 1.73. The molecule has 0 spiro atoms. The molecule has 5 nitrogen and oxygen atoms in total. The summed E-state index contributed by atoms with van der Waals surface area (Å²) in [5.41, 5.74) is 10.7. The normalized spacial score (nSPS) is 15.6. The number of amidine groups is 1. The minimum Gasteiger partial charge on any atom is -0.292 e. The predicted molar refractivity (Wildman–Crippen MR) is 47.4 cm³/mol. The van der Waals surface area contributed by atoms with E-state index in [1.807, 2.05) is 36.1 Å². The van der Waals surface area contributed by atoms with Crippen molar-refractivity contribution in [2.45, 2.75) is 0 Å². The highest BCUT2D eigenvalue weighted by Gasteiger charge is 2.10. The summed E-state index contributed by atoms with van der Waals surface area (Å²) in [5, 5.41) is 4.06. The first-order valence-corrected chi connectivity index (χ1v) is 4.06. The Morgan fingerprint density at radius 2 is 2.38 bits per heavy atom. The van der Waals surface area contributed by atoms with E-state index in [9.17, 15) is 0 Å². The number of hydrazone groups is 1. The Balaban J connectivity index is 2.29. The van der Waals surface area contributed by atoms with E-state index in [1.54, 1.807) is 0 Å². The lowest BCUT2D eigenvalue weighted by Gasteiger charge is -2.12. The maximum atomic E-state index is 4.06. The predicted octanol–water partition coefficient (Wildman–Crippen LogP) is -1.16. The van der Waals surface area contributed by atoms with Crippen molar-refractivity contribution in [3.8, 4) is 0 Å². The van der Waals surface area contributed by atoms with Crippen LogP contribution in [-0.4, -0.2) is 12.5 Å². The molecule has 0 fully saturated rings. The molecule has 2 rings (SSSR count). The van der Waals surface area contributed by atoms with Gasteiger partial charge in [0.1, 0.15) is 13.7 Å². The molecule has 2 N–H and O–H groups in total. The van der Waals surface area contributed by atoms with Gasteiger partial charge in [-0.15, -0.1) is 0 Å². The van der Waals surface area contributed by atoms with Crippen LogP contribution in [0.25, 0.3) is 0 Å². The van der Waals surface area contributed by atoms with E-state index in [4.69, 9.17) is 0 Å². The molecule has 0 saturated carbocycles. The number of nitrogens with zero attached hydrogens (tertiary/aromatic N) is 3. The van der Waals surface area contributed by atoms with Gasteiger partial charge < -0.3 is 0 Å². The number of aromatic nitrogens is 1. The molecular formula is C8H11N5+. The molecule has 0 saturated heterocycles. The van der Waals surface area contributed by atoms with E-state index in [0.717, 1.165) is 5.56 Å². The van der Waals surface area contributed by atoms with Crippen molar-refractivity contribution in [2.24, 2.45) is 12.1 Å². The first kappa shape index (κ1) is 8.00. The fraction of sp³-hybridized carbons (Fsp3) is 0.250. The third kappa shape index (κ3) is 1.75. The molecule has 5 heteroatoms. The number of pyridine rings is 1. The lowest BCUT2D eigenvalue weighted by Crippen LogP contribution is -2.43. The average Bonchev–Trinajstić information content (AvgIpc) is 2.19. The quantitative estimate of drug-likeness (QED) is 0.532. The van der Waals surface area contributed by atoms with Crippen LogP contribution < -0.4 is 20.8 Å². The Hall–Kier alpha value is -1.62. The molecule has 0 amide bonds. The van der Waals surface area contributed by atoms with Crippen LogP contribution in [0.15, 0.2) is 29.6 Å². The summed E-state index contributed by atoms with van der Waals surface area (Å²) in [5.74, 6) is 0.683. The zero-order valence-corrected chi connectivity index (χ0v) is 7.36. The van der Waals surface area contributed by atoms with Gasteiger partial charge in [0.25, 0.3) is 0 Å². The minimum atomic E-state index is 0.586. The van der Waals surface area contributed by atoms with Crippen LogP contribution in [0.3, 0.4) is 0 Å². The molecule has 1 aromatic rings. The first-order valence-electron chi connectivity index (χ1n) is 4.06. The van der Waals surface area contributed by atoms with Crippen molar-refractivity contribution in [1.29, 1.82) is 0 Å². The zero-order chi connectivity index (χ0) is 9.10. The summed E-state index contributed by atoms with van der Waals surface area (Å²) in [4.78, 5) is 0. The second kappa shape index (κ2) is 3.40. The van der Waals surface area contributed by atoms with Gasteiger partial charge >= 0.3 is 0 Å². The van der Waals surface area contributed by atoms with Gasteiger partial charge in [-0.2, -0.15) is 16.0 Å². The van der Waals surface area contributed by atoms with Crippen LogP contribution >= 0.6 is 0 Å². The highest BCUT2D eigenvalue weighted by Crippen LogP contribution is 1.96. The number of nitrogens with one attached hydrogen (secondary N) is 2. The Kier molecular flexibility index (Phi) is 2.09. The van der Waals surface area contributed by atoms with Crippen LogP contribution in [0.4, 0.5) is 0 Å². The van der Waals surface area contributed by atoms with Crippen molar-refractivity contribution in [2.75, 3.05) is 6.67 Å². The molecule has 0 unspecified atom stereocenters. The van der Waals surface area contributed by atoms with E-state index in [1.165, 1.54) is 0 Å². The first-order chi connectivity index (χ1) is 6.36. The molecule has 13 heavy (non-hydrogen) atoms. The highest BCUT2D eigenvalue weighted by molar-refractivity contribution is 5.97. The average molecular weight is 177 g/mol. The highest BCUT2D eigenvalue weighted by atomic mass is 15.5. The minimum absolute atomic E-state index is 0.586. The van der Waals surface area contributed by atoms with Gasteiger partial charge in [0.05, 0.1) is 5.56 Å². The number of rotatable bonds is 1. The summed E-state index contributed by atoms with van der Waals surface area (Å²) in [6, 6.07) is 3.93. The van der Waals surface area contributed by atoms with Crippen molar-refractivity contribution < 1.29 is 4.57 Å². The summed E-state index contributed by atoms with van der Waals surface area (Å²) in [6.45, 7) is 0.586. The van der Waals surface area contributed by atoms with E-state index in [0.29, 0.717) is 12.5 Å². The second-order valence-corrected chi connectivity index (χ2v) is 2.80. The maximum absolute atomic E-state index is 4.06. The molecule has 67 valence electrons. The van der Waals surface area contributed by atoms with Crippen LogP contribution in [0.2, 0.25) is 0 Å². The van der Waals surface area contributed by atoms with Crippen LogP contribution in [0.1, 0.15) is 5.56 Å². The van der Waals surface area contributed by atoms with Crippen LogP contribution in [-0.2, 0) is 7.05 Å². The topological polar surface area (TPSA) is 54.4 Å². The van der Waals surface area contributed by atoms with Gasteiger partial charge in [0.15, 0.2) is 18.2 Å². The largest absolute Gasteiger partial charge is 0.292 e. The smallest absolute Gasteiger partial charge is 0.198 e. The summed E-state index contributed by atoms with van der Waals surface area (Å²) in [7, 11) is 1.97. The lowest BCUT2D eigenvalue weighted by molar-refractivity contribution is -0.671. The Labute approximate surface area is 76.4 Å². The van der Waals surface area contributed by atoms with Gasteiger partial charge in [0, 0.05) is 6.07 Å². The molecule has 0 aliphatic carbocycles. The van der Waals surface area contributed by atoms with Gasteiger partial charge in [-0.3, -0.25) is 5.43 Å². The van der Waals surface area contributed by atoms with Crippen molar-refractivity contribution in [1.82, 2.24) is 16.3 Å². The fourth-order valence-corrected chi connectivity index (χ4v) is 1.14. The van der Waals surface area contributed by atoms with E-state index in [-0.39, 0.29) is 0 Å². The maximum Gasteiger partial charge on any atom is 0.198 e. The van der Waals surface area contributed by atoms with Gasteiger partial charge in [-0.1, -0.05) is 0 Å². The molecule has 1 radical (unpaired) electrons. The molecule has 0 aromatic carbocycles. The van der Waals surface area contributed by atoms with E-state index >= 15 is 0 Å². The summed E-state index contributed by atoms with van der Waals surface area (Å²) in [6.07, 6.45) is 3.94. The van der Waals surface area contributed by atoms with Crippen molar-refractivity contribution in [3.63, 3.8) is 0 Å². The van der Waals surface area contributed by atoms with E-state index in [2.05, 4.69) is 21.4 Å². The number of hydrogen-bond donors (Lipinski definition) is 2. The van der Waals surface area contributed by atoms with Crippen LogP contribution in [0.5, 0.6) is 0 Å². The molecule has 1 aliphatic heterocycles. The molecule has 2 heterocycles. The summed E-state index contributed by atoms with van der Waals surface area (Å²) < 4.78 is 1.96. The zero-order valence-electron chi connectivity index (χ0n) is 7.36. The van der Waals surface area contributed by atoms with Crippen molar-refractivity contribution >= 4 is 5.84 Å². The number of aryl methyl sites for hydroxylation is 1. The molecular weight excluding hydrogens is 166 g/mol. The van der Waals surface area contributed by atoms with Crippen LogP contribution in [0, 0.1) is 0 Å². The van der Waals surface area contributed by atoms with Gasteiger partial charge in [0.2, 0.25) is 0 Å². The molecule has 1 aromatic heterocycles. The molecule has 1 aliphatic rings. The monoisotopic (exact) mass is 177 g/mol. The Morgan fingerprint density at radius 1 is 1.46 bits per heavy atom. The SMILES string of the molecule is C[n+]1cccc(C2=NNCN[N]2)c1. The Morgan fingerprint density at radius 3 is 3.08 bits per heavy atom. The van der Waals surface area contributed by atoms with Gasteiger partial charge in [-0.05, 0) is 6.07 Å². The van der Waals surface area contributed by atoms with E-state index < -0.39 is 0 Å². The fourth-order valence-electron chi connectivity index (χ4n) is 1.14. The Bertz CT molecular complexity index is 333. The standard InChI is InChI=1S/C8H11N5/c1-13-4-2-3-7(5-13)8-11-9-6-10-12-8/h2-5,9-10H,6H2,1H3/q+1. The lowest BCUT2D eigenvalue weighted by atomic mass is 10.2. The van der Waals surface area contributed by atoms with Gasteiger partial charge in [-0.25, -0.2) is 4.57 Å². The second-order valence-electron chi connectivity index (χ2n) is 2.80. The molecule has 0 bridgehead atoms. The van der Waals surface area contributed by atoms with Crippen molar-refractivity contribution in [3.05, 3.63) is 30.1 Å². The third-order valence-electron chi connectivity index (χ3n) is 1.73. The molecule has 0 atom stereocenters. The summed E-state index contributed by atoms with van der Waals surface area (Å²) >= 11 is 0.